The fourth-order valence-electron chi connectivity index (χ4n) is 1.54. The molecular weight excluding hydrogens is 272 g/mol. The summed E-state index contributed by atoms with van der Waals surface area (Å²) < 4.78 is 24.7. The lowest BCUT2D eigenvalue weighted by atomic mass is 10.3. The molecule has 0 saturated heterocycles. The van der Waals surface area contributed by atoms with Crippen molar-refractivity contribution >= 4 is 11.3 Å². The summed E-state index contributed by atoms with van der Waals surface area (Å²) in [5, 5.41) is 19.3. The number of alkyl halides is 2. The molecule has 19 heavy (non-hydrogen) atoms. The lowest BCUT2D eigenvalue weighted by Crippen LogP contribution is -2.30. The molecule has 6 heteroatoms. The third-order valence-corrected chi connectivity index (χ3v) is 3.24. The molecule has 0 unspecified atom stereocenters. The van der Waals surface area contributed by atoms with Crippen molar-refractivity contribution < 1.29 is 19.0 Å². The molecule has 0 aliphatic rings. The van der Waals surface area contributed by atoms with Gasteiger partial charge in [-0.1, -0.05) is 11.8 Å². The van der Waals surface area contributed by atoms with Gasteiger partial charge in [-0.2, -0.15) is 0 Å². The Kier molecular flexibility index (Phi) is 7.60. The number of aliphatic hydroxyl groups excluding tert-OH is 2. The molecule has 1 aromatic rings. The van der Waals surface area contributed by atoms with Crippen LogP contribution in [0.3, 0.4) is 0 Å². The monoisotopic (exact) mass is 289 g/mol. The third kappa shape index (κ3) is 6.64. The molecule has 1 aromatic heterocycles. The van der Waals surface area contributed by atoms with Crippen molar-refractivity contribution in [2.45, 2.75) is 19.4 Å². The van der Waals surface area contributed by atoms with Crippen LogP contribution in [0.15, 0.2) is 11.4 Å². The number of hydrogen-bond donors (Lipinski definition) is 2. The van der Waals surface area contributed by atoms with Crippen molar-refractivity contribution in [1.82, 2.24) is 4.90 Å². The Bertz CT molecular complexity index is 426. The minimum absolute atomic E-state index is 0.0304. The number of halogens is 2. The first kappa shape index (κ1) is 16.1. The van der Waals surface area contributed by atoms with E-state index in [0.717, 1.165) is 10.4 Å². The van der Waals surface area contributed by atoms with Gasteiger partial charge in [0.2, 0.25) is 0 Å². The molecule has 3 nitrogen and oxygen atoms in total. The highest BCUT2D eigenvalue weighted by molar-refractivity contribution is 7.10. The van der Waals surface area contributed by atoms with Crippen molar-refractivity contribution in [2.24, 2.45) is 0 Å². The topological polar surface area (TPSA) is 43.7 Å². The summed E-state index contributed by atoms with van der Waals surface area (Å²) in [6.07, 6.45) is -1.98. The summed E-state index contributed by atoms with van der Waals surface area (Å²) in [5.74, 6) is 5.70. The maximum Gasteiger partial charge on any atom is 0.251 e. The lowest BCUT2D eigenvalue weighted by molar-refractivity contribution is 0.0751. The van der Waals surface area contributed by atoms with Crippen LogP contribution in [0.2, 0.25) is 0 Å². The first-order valence-corrected chi connectivity index (χ1v) is 6.82. The Morgan fingerprint density at radius 3 is 2.74 bits per heavy atom. The van der Waals surface area contributed by atoms with E-state index in [1.807, 2.05) is 11.4 Å². The number of nitrogens with zero attached hydrogens (tertiary/aromatic N) is 1. The SMILES string of the molecule is OCCC#Cc1csc(CN(CCO)CC(F)F)c1. The molecular formula is C13H17F2NO2S. The van der Waals surface area contributed by atoms with E-state index in [4.69, 9.17) is 10.2 Å². The van der Waals surface area contributed by atoms with Gasteiger partial charge >= 0.3 is 0 Å². The summed E-state index contributed by atoms with van der Waals surface area (Å²) in [4.78, 5) is 2.45. The molecule has 1 rings (SSSR count). The number of thiophene rings is 1. The predicted octanol–water partition coefficient (Wildman–Crippen LogP) is 1.54. The van der Waals surface area contributed by atoms with Gasteiger partial charge in [0.15, 0.2) is 0 Å². The van der Waals surface area contributed by atoms with Gasteiger partial charge in [-0.05, 0) is 6.07 Å². The second-order valence-electron chi connectivity index (χ2n) is 3.93. The van der Waals surface area contributed by atoms with Crippen LogP contribution in [0.4, 0.5) is 8.78 Å². The molecule has 0 saturated carbocycles. The zero-order chi connectivity index (χ0) is 14.1. The maximum absolute atomic E-state index is 12.4. The quantitative estimate of drug-likeness (QED) is 0.748. The average Bonchev–Trinajstić information content (AvgIpc) is 2.76. The van der Waals surface area contributed by atoms with E-state index in [0.29, 0.717) is 13.0 Å². The Hall–Kier alpha value is -1.00. The van der Waals surface area contributed by atoms with Crippen molar-refractivity contribution in [1.29, 1.82) is 0 Å². The molecule has 106 valence electrons. The fraction of sp³-hybridized carbons (Fsp3) is 0.538. The van der Waals surface area contributed by atoms with Gasteiger partial charge < -0.3 is 10.2 Å². The van der Waals surface area contributed by atoms with Gasteiger partial charge in [-0.3, -0.25) is 4.90 Å². The minimum Gasteiger partial charge on any atom is -0.395 e. The van der Waals surface area contributed by atoms with Crippen LogP contribution in [0.25, 0.3) is 0 Å². The summed E-state index contributed by atoms with van der Waals surface area (Å²) in [7, 11) is 0. The van der Waals surface area contributed by atoms with E-state index in [1.165, 1.54) is 16.2 Å². The van der Waals surface area contributed by atoms with Crippen LogP contribution >= 0.6 is 11.3 Å². The molecule has 0 atom stereocenters. The van der Waals surface area contributed by atoms with Crippen LogP contribution in [0, 0.1) is 11.8 Å². The van der Waals surface area contributed by atoms with Crippen molar-refractivity contribution in [3.8, 4) is 11.8 Å². The standard InChI is InChI=1S/C13H17F2NO2S/c14-13(15)9-16(4-6-18)8-12-7-11(10-19-12)3-1-2-5-17/h7,10,13,17-18H,2,4-6,8-9H2. The van der Waals surface area contributed by atoms with Crippen LogP contribution in [-0.4, -0.2) is 47.8 Å². The van der Waals surface area contributed by atoms with Crippen molar-refractivity contribution in [3.63, 3.8) is 0 Å². The molecule has 0 amide bonds. The van der Waals surface area contributed by atoms with Crippen molar-refractivity contribution in [3.05, 3.63) is 21.9 Å². The lowest BCUT2D eigenvalue weighted by Gasteiger charge is -2.19. The Morgan fingerprint density at radius 2 is 2.11 bits per heavy atom. The average molecular weight is 289 g/mol. The molecule has 0 aliphatic heterocycles. The highest BCUT2D eigenvalue weighted by atomic mass is 32.1. The second kappa shape index (κ2) is 8.99. The van der Waals surface area contributed by atoms with Crippen LogP contribution in [-0.2, 0) is 6.54 Å². The van der Waals surface area contributed by atoms with Gasteiger partial charge in [0.05, 0.1) is 19.8 Å². The van der Waals surface area contributed by atoms with Crippen LogP contribution in [0.1, 0.15) is 16.9 Å². The van der Waals surface area contributed by atoms with E-state index < -0.39 is 6.43 Å². The van der Waals surface area contributed by atoms with E-state index >= 15 is 0 Å². The number of aliphatic hydroxyl groups is 2. The molecule has 0 spiro atoms. The van der Waals surface area contributed by atoms with Gasteiger partial charge in [0.1, 0.15) is 0 Å². The van der Waals surface area contributed by atoms with E-state index in [9.17, 15) is 8.78 Å². The largest absolute Gasteiger partial charge is 0.395 e. The Morgan fingerprint density at radius 1 is 1.32 bits per heavy atom. The second-order valence-corrected chi connectivity index (χ2v) is 4.92. The van der Waals surface area contributed by atoms with Crippen LogP contribution in [0.5, 0.6) is 0 Å². The third-order valence-electron chi connectivity index (χ3n) is 2.32. The Balaban J connectivity index is 2.57. The summed E-state index contributed by atoms with van der Waals surface area (Å²) in [6, 6.07) is 1.85. The first-order valence-electron chi connectivity index (χ1n) is 5.94. The van der Waals surface area contributed by atoms with Crippen molar-refractivity contribution in [2.75, 3.05) is 26.3 Å². The normalized spacial score (nSPS) is 10.8. The van der Waals surface area contributed by atoms with E-state index in [-0.39, 0.29) is 26.3 Å². The molecule has 0 fully saturated rings. The number of hydrogen-bond acceptors (Lipinski definition) is 4. The smallest absolute Gasteiger partial charge is 0.251 e. The molecule has 2 N–H and O–H groups in total. The fourth-order valence-corrected chi connectivity index (χ4v) is 2.40. The van der Waals surface area contributed by atoms with Gasteiger partial charge in [0, 0.05) is 35.3 Å². The van der Waals surface area contributed by atoms with Crippen LogP contribution < -0.4 is 0 Å². The van der Waals surface area contributed by atoms with E-state index in [2.05, 4.69) is 11.8 Å². The molecule has 1 heterocycles. The Labute approximate surface area is 115 Å². The van der Waals surface area contributed by atoms with Gasteiger partial charge in [-0.25, -0.2) is 8.78 Å². The summed E-state index contributed by atoms with van der Waals surface area (Å²) >= 11 is 1.46. The molecule has 0 aliphatic carbocycles. The summed E-state index contributed by atoms with van der Waals surface area (Å²) in [6.45, 7) is 0.166. The first-order chi connectivity index (χ1) is 9.15. The minimum atomic E-state index is -2.41. The van der Waals surface area contributed by atoms with E-state index in [1.54, 1.807) is 0 Å². The maximum atomic E-state index is 12.4. The predicted molar refractivity (Wildman–Crippen MR) is 71.3 cm³/mol. The van der Waals surface area contributed by atoms with Gasteiger partial charge in [-0.15, -0.1) is 11.3 Å². The van der Waals surface area contributed by atoms with Gasteiger partial charge in [0.25, 0.3) is 6.43 Å². The summed E-state index contributed by atoms with van der Waals surface area (Å²) in [5.41, 5.74) is 0.828. The zero-order valence-corrected chi connectivity index (χ0v) is 11.3. The molecule has 0 aromatic carbocycles. The highest BCUT2D eigenvalue weighted by Crippen LogP contribution is 2.16. The zero-order valence-electron chi connectivity index (χ0n) is 10.5. The highest BCUT2D eigenvalue weighted by Gasteiger charge is 2.12. The number of rotatable bonds is 7. The molecule has 0 radical (unpaired) electrons. The molecule has 0 bridgehead atoms.